The predicted molar refractivity (Wildman–Crippen MR) is 79.3 cm³/mol. The fourth-order valence-electron chi connectivity index (χ4n) is 2.68. The molecule has 0 atom stereocenters. The Labute approximate surface area is 119 Å². The van der Waals surface area contributed by atoms with Crippen LogP contribution in [0.5, 0.6) is 5.75 Å². The van der Waals surface area contributed by atoms with Crippen molar-refractivity contribution < 1.29 is 9.66 Å². The normalized spacial score (nSPS) is 18.6. The van der Waals surface area contributed by atoms with Crippen LogP contribution < -0.4 is 10.1 Å². The minimum Gasteiger partial charge on any atom is -0.483 e. The SMILES string of the molecule is CNc1cccc(OC2CCC(C)(C)CC2)c1[N+](=O)[O-]. The van der Waals surface area contributed by atoms with Crippen LogP contribution in [0.15, 0.2) is 18.2 Å². The van der Waals surface area contributed by atoms with Gasteiger partial charge in [0.25, 0.3) is 0 Å². The minimum atomic E-state index is -0.381. The molecule has 20 heavy (non-hydrogen) atoms. The molecule has 1 aromatic carbocycles. The number of nitrogens with zero attached hydrogens (tertiary/aromatic N) is 1. The number of nitro benzene ring substituents is 1. The first-order chi connectivity index (χ1) is 9.43. The van der Waals surface area contributed by atoms with Crippen molar-refractivity contribution >= 4 is 11.4 Å². The maximum Gasteiger partial charge on any atom is 0.333 e. The van der Waals surface area contributed by atoms with Gasteiger partial charge in [-0.2, -0.15) is 0 Å². The number of nitro groups is 1. The van der Waals surface area contributed by atoms with Gasteiger partial charge < -0.3 is 10.1 Å². The molecule has 110 valence electrons. The van der Waals surface area contributed by atoms with E-state index in [2.05, 4.69) is 19.2 Å². The molecule has 1 aliphatic rings. The predicted octanol–water partition coefficient (Wildman–Crippen LogP) is 3.98. The van der Waals surface area contributed by atoms with Gasteiger partial charge in [-0.15, -0.1) is 0 Å². The molecular formula is C15H22N2O3. The van der Waals surface area contributed by atoms with Gasteiger partial charge in [0, 0.05) is 7.05 Å². The van der Waals surface area contributed by atoms with Gasteiger partial charge in [0.1, 0.15) is 5.69 Å². The summed E-state index contributed by atoms with van der Waals surface area (Å²) < 4.78 is 5.90. The van der Waals surface area contributed by atoms with E-state index >= 15 is 0 Å². The van der Waals surface area contributed by atoms with E-state index in [9.17, 15) is 10.1 Å². The Morgan fingerprint density at radius 2 is 2.00 bits per heavy atom. The molecular weight excluding hydrogens is 256 g/mol. The number of benzene rings is 1. The highest BCUT2D eigenvalue weighted by molar-refractivity contribution is 5.68. The Kier molecular flexibility index (Phi) is 4.16. The Bertz CT molecular complexity index is 490. The molecule has 2 rings (SSSR count). The molecule has 0 bridgehead atoms. The van der Waals surface area contributed by atoms with E-state index in [1.807, 2.05) is 0 Å². The van der Waals surface area contributed by atoms with Crippen LogP contribution in [0.1, 0.15) is 39.5 Å². The zero-order valence-corrected chi connectivity index (χ0v) is 12.3. The van der Waals surface area contributed by atoms with Gasteiger partial charge in [0.2, 0.25) is 0 Å². The van der Waals surface area contributed by atoms with E-state index in [1.165, 1.54) is 0 Å². The molecule has 0 aliphatic heterocycles. The van der Waals surface area contributed by atoms with Crippen LogP contribution in [0.4, 0.5) is 11.4 Å². The van der Waals surface area contributed by atoms with Crippen LogP contribution in [0.3, 0.4) is 0 Å². The third kappa shape index (κ3) is 3.21. The van der Waals surface area contributed by atoms with Crippen LogP contribution in [0.2, 0.25) is 0 Å². The van der Waals surface area contributed by atoms with Crippen molar-refractivity contribution in [2.45, 2.75) is 45.6 Å². The molecule has 1 aromatic rings. The van der Waals surface area contributed by atoms with Crippen molar-refractivity contribution in [3.63, 3.8) is 0 Å². The largest absolute Gasteiger partial charge is 0.483 e. The summed E-state index contributed by atoms with van der Waals surface area (Å²) in [6.45, 7) is 4.51. The lowest BCUT2D eigenvalue weighted by Crippen LogP contribution is -2.28. The molecule has 1 N–H and O–H groups in total. The van der Waals surface area contributed by atoms with Gasteiger partial charge in [-0.25, -0.2) is 0 Å². The smallest absolute Gasteiger partial charge is 0.333 e. The van der Waals surface area contributed by atoms with Gasteiger partial charge >= 0.3 is 5.69 Å². The van der Waals surface area contributed by atoms with Crippen LogP contribution in [-0.2, 0) is 0 Å². The van der Waals surface area contributed by atoms with E-state index < -0.39 is 0 Å². The van der Waals surface area contributed by atoms with Gasteiger partial charge in [0.15, 0.2) is 5.75 Å². The molecule has 0 spiro atoms. The fraction of sp³-hybridized carbons (Fsp3) is 0.600. The summed E-state index contributed by atoms with van der Waals surface area (Å²) in [5.74, 6) is 0.367. The first kappa shape index (κ1) is 14.6. The number of hydrogen-bond acceptors (Lipinski definition) is 4. The monoisotopic (exact) mass is 278 g/mol. The summed E-state index contributed by atoms with van der Waals surface area (Å²) in [4.78, 5) is 10.9. The third-order valence-corrected chi connectivity index (χ3v) is 4.03. The van der Waals surface area contributed by atoms with Gasteiger partial charge in [-0.1, -0.05) is 19.9 Å². The lowest BCUT2D eigenvalue weighted by Gasteiger charge is -2.34. The van der Waals surface area contributed by atoms with Crippen LogP contribution in [0, 0.1) is 15.5 Å². The second-order valence-electron chi connectivity index (χ2n) is 6.14. The van der Waals surface area contributed by atoms with Crippen LogP contribution in [-0.4, -0.2) is 18.1 Å². The summed E-state index contributed by atoms with van der Waals surface area (Å²) in [5, 5.41) is 14.1. The molecule has 0 amide bonds. The number of ether oxygens (including phenoxy) is 1. The molecule has 0 unspecified atom stereocenters. The molecule has 1 fully saturated rings. The molecule has 0 radical (unpaired) electrons. The number of rotatable bonds is 4. The third-order valence-electron chi connectivity index (χ3n) is 4.03. The van der Waals surface area contributed by atoms with Crippen molar-refractivity contribution in [1.29, 1.82) is 0 Å². The first-order valence-corrected chi connectivity index (χ1v) is 7.05. The fourth-order valence-corrected chi connectivity index (χ4v) is 2.68. The van der Waals surface area contributed by atoms with Gasteiger partial charge in [0.05, 0.1) is 11.0 Å². The molecule has 0 heterocycles. The van der Waals surface area contributed by atoms with E-state index in [0.717, 1.165) is 25.7 Å². The first-order valence-electron chi connectivity index (χ1n) is 7.05. The highest BCUT2D eigenvalue weighted by Crippen LogP contribution is 2.40. The molecule has 0 aromatic heterocycles. The summed E-state index contributed by atoms with van der Waals surface area (Å²) >= 11 is 0. The standard InChI is InChI=1S/C15H22N2O3/c1-15(2)9-7-11(8-10-15)20-13-6-4-5-12(16-3)14(13)17(18)19/h4-6,11,16H,7-10H2,1-3H3. The zero-order chi connectivity index (χ0) is 14.8. The Hall–Kier alpha value is -1.78. The average Bonchev–Trinajstić information content (AvgIpc) is 2.40. The Morgan fingerprint density at radius 1 is 1.35 bits per heavy atom. The second kappa shape index (κ2) is 5.69. The Morgan fingerprint density at radius 3 is 2.55 bits per heavy atom. The van der Waals surface area contributed by atoms with Crippen molar-refractivity contribution in [2.24, 2.45) is 5.41 Å². The van der Waals surface area contributed by atoms with Gasteiger partial charge in [-0.05, 0) is 43.2 Å². The van der Waals surface area contributed by atoms with Crippen molar-refractivity contribution in [3.05, 3.63) is 28.3 Å². The molecule has 0 saturated heterocycles. The summed E-state index contributed by atoms with van der Waals surface area (Å²) in [5.41, 5.74) is 0.877. The van der Waals surface area contributed by atoms with Crippen LogP contribution in [0.25, 0.3) is 0 Å². The van der Waals surface area contributed by atoms with Crippen molar-refractivity contribution in [2.75, 3.05) is 12.4 Å². The van der Waals surface area contributed by atoms with E-state index in [1.54, 1.807) is 25.2 Å². The zero-order valence-electron chi connectivity index (χ0n) is 12.3. The topological polar surface area (TPSA) is 64.4 Å². The van der Waals surface area contributed by atoms with E-state index in [4.69, 9.17) is 4.74 Å². The Balaban J connectivity index is 2.16. The van der Waals surface area contributed by atoms with Crippen molar-refractivity contribution in [3.8, 4) is 5.75 Å². The summed E-state index contributed by atoms with van der Waals surface area (Å²) in [7, 11) is 1.68. The number of hydrogen-bond donors (Lipinski definition) is 1. The molecule has 5 heteroatoms. The number of para-hydroxylation sites is 1. The highest BCUT2D eigenvalue weighted by atomic mass is 16.6. The second-order valence-corrected chi connectivity index (χ2v) is 6.14. The molecule has 1 aliphatic carbocycles. The lowest BCUT2D eigenvalue weighted by molar-refractivity contribution is -0.385. The average molecular weight is 278 g/mol. The molecule has 1 saturated carbocycles. The maximum atomic E-state index is 11.2. The van der Waals surface area contributed by atoms with Gasteiger partial charge in [-0.3, -0.25) is 10.1 Å². The number of nitrogens with one attached hydrogen (secondary N) is 1. The van der Waals surface area contributed by atoms with Crippen molar-refractivity contribution in [1.82, 2.24) is 0 Å². The van der Waals surface area contributed by atoms with Crippen LogP contribution >= 0.6 is 0 Å². The van der Waals surface area contributed by atoms with E-state index in [-0.39, 0.29) is 16.7 Å². The summed E-state index contributed by atoms with van der Waals surface area (Å²) in [6, 6.07) is 5.15. The minimum absolute atomic E-state index is 0.0276. The summed E-state index contributed by atoms with van der Waals surface area (Å²) in [6.07, 6.45) is 4.17. The lowest BCUT2D eigenvalue weighted by atomic mass is 9.76. The number of anilines is 1. The molecule has 5 nitrogen and oxygen atoms in total. The highest BCUT2D eigenvalue weighted by Gasteiger charge is 2.30. The van der Waals surface area contributed by atoms with E-state index in [0.29, 0.717) is 16.9 Å². The quantitative estimate of drug-likeness (QED) is 0.668. The maximum absolute atomic E-state index is 11.2.